The standard InChI is InChI=1S/C21H20FN3O2S/c1-13(26)14-5-7-16(8-6-14)23-20(27)15-9-11-25(12-10-15)21-24-19-17(22)3-2-4-18(19)28-21/h2-8,15H,9-12H2,1H3,(H,23,27). The SMILES string of the molecule is CC(=O)c1ccc(NC(=O)C2CCN(c3nc4c(F)cccc4s3)CC2)cc1. The molecule has 0 saturated carbocycles. The van der Waals surface area contributed by atoms with E-state index in [2.05, 4.69) is 15.2 Å². The summed E-state index contributed by atoms with van der Waals surface area (Å²) in [6.45, 7) is 2.94. The van der Waals surface area contributed by atoms with Crippen LogP contribution in [-0.4, -0.2) is 29.8 Å². The van der Waals surface area contributed by atoms with Crippen LogP contribution >= 0.6 is 11.3 Å². The minimum absolute atomic E-state index is 0.0000211. The van der Waals surface area contributed by atoms with E-state index >= 15 is 0 Å². The second-order valence-electron chi connectivity index (χ2n) is 6.97. The van der Waals surface area contributed by atoms with Gasteiger partial charge >= 0.3 is 0 Å². The Morgan fingerprint density at radius 1 is 1.14 bits per heavy atom. The fourth-order valence-corrected chi connectivity index (χ4v) is 4.44. The molecule has 5 nitrogen and oxygen atoms in total. The van der Waals surface area contributed by atoms with Crippen molar-refractivity contribution in [2.75, 3.05) is 23.3 Å². The molecule has 2 aromatic carbocycles. The number of fused-ring (bicyclic) bond motifs is 1. The van der Waals surface area contributed by atoms with Gasteiger partial charge in [0.15, 0.2) is 10.9 Å². The van der Waals surface area contributed by atoms with Crippen molar-refractivity contribution in [1.29, 1.82) is 0 Å². The van der Waals surface area contributed by atoms with Crippen LogP contribution in [0.5, 0.6) is 0 Å². The largest absolute Gasteiger partial charge is 0.348 e. The first-order valence-electron chi connectivity index (χ1n) is 9.23. The lowest BCUT2D eigenvalue weighted by Crippen LogP contribution is -2.38. The fourth-order valence-electron chi connectivity index (χ4n) is 3.40. The Morgan fingerprint density at radius 3 is 2.50 bits per heavy atom. The van der Waals surface area contributed by atoms with Crippen LogP contribution in [-0.2, 0) is 4.79 Å². The molecular formula is C21H20FN3O2S. The summed E-state index contributed by atoms with van der Waals surface area (Å²) < 4.78 is 14.7. The minimum Gasteiger partial charge on any atom is -0.348 e. The number of rotatable bonds is 4. The number of Topliss-reactive ketones (excluding diaryl/α,β-unsaturated/α-hetero) is 1. The summed E-state index contributed by atoms with van der Waals surface area (Å²) >= 11 is 1.48. The van der Waals surface area contributed by atoms with Crippen molar-refractivity contribution in [2.45, 2.75) is 19.8 Å². The van der Waals surface area contributed by atoms with Crippen LogP contribution in [0.4, 0.5) is 15.2 Å². The molecule has 0 bridgehead atoms. The third-order valence-electron chi connectivity index (χ3n) is 5.05. The van der Waals surface area contributed by atoms with E-state index in [1.165, 1.54) is 24.3 Å². The van der Waals surface area contributed by atoms with E-state index in [-0.39, 0.29) is 23.4 Å². The van der Waals surface area contributed by atoms with Crippen molar-refractivity contribution in [1.82, 2.24) is 4.98 Å². The lowest BCUT2D eigenvalue weighted by molar-refractivity contribution is -0.120. The molecule has 0 radical (unpaired) electrons. The molecule has 1 saturated heterocycles. The molecule has 0 unspecified atom stereocenters. The summed E-state index contributed by atoms with van der Waals surface area (Å²) in [7, 11) is 0. The van der Waals surface area contributed by atoms with Gasteiger partial charge in [-0.3, -0.25) is 9.59 Å². The molecule has 28 heavy (non-hydrogen) atoms. The van der Waals surface area contributed by atoms with E-state index in [1.54, 1.807) is 30.3 Å². The molecule has 4 rings (SSSR count). The number of benzene rings is 2. The second-order valence-corrected chi connectivity index (χ2v) is 7.98. The monoisotopic (exact) mass is 397 g/mol. The summed E-state index contributed by atoms with van der Waals surface area (Å²) in [5.74, 6) is -0.384. The number of nitrogens with zero attached hydrogens (tertiary/aromatic N) is 2. The quantitative estimate of drug-likeness (QED) is 0.659. The topological polar surface area (TPSA) is 62.3 Å². The Bertz CT molecular complexity index is 1020. The highest BCUT2D eigenvalue weighted by atomic mass is 32.1. The predicted molar refractivity (Wildman–Crippen MR) is 110 cm³/mol. The van der Waals surface area contributed by atoms with E-state index in [9.17, 15) is 14.0 Å². The highest BCUT2D eigenvalue weighted by Crippen LogP contribution is 2.32. The van der Waals surface area contributed by atoms with Gasteiger partial charge in [0.05, 0.1) is 4.70 Å². The highest BCUT2D eigenvalue weighted by Gasteiger charge is 2.26. The number of para-hydroxylation sites is 1. The maximum absolute atomic E-state index is 13.9. The van der Waals surface area contributed by atoms with Gasteiger partial charge in [-0.1, -0.05) is 17.4 Å². The second kappa shape index (κ2) is 7.67. The number of anilines is 2. The van der Waals surface area contributed by atoms with E-state index in [1.807, 2.05) is 6.07 Å². The lowest BCUT2D eigenvalue weighted by Gasteiger charge is -2.31. The third kappa shape index (κ3) is 3.75. The minimum atomic E-state index is -0.301. The molecule has 1 fully saturated rings. The van der Waals surface area contributed by atoms with Crippen LogP contribution in [0.25, 0.3) is 10.2 Å². The van der Waals surface area contributed by atoms with Crippen LogP contribution in [0.1, 0.15) is 30.1 Å². The van der Waals surface area contributed by atoms with Crippen molar-refractivity contribution in [3.8, 4) is 0 Å². The molecule has 0 aliphatic carbocycles. The number of halogens is 1. The predicted octanol–water partition coefficient (Wildman–Crippen LogP) is 4.49. The van der Waals surface area contributed by atoms with E-state index in [0.717, 1.165) is 22.7 Å². The first-order valence-corrected chi connectivity index (χ1v) is 10.0. The molecule has 0 spiro atoms. The Morgan fingerprint density at radius 2 is 1.86 bits per heavy atom. The molecule has 1 aliphatic rings. The molecular weight excluding hydrogens is 377 g/mol. The molecule has 1 aliphatic heterocycles. The van der Waals surface area contributed by atoms with Crippen LogP contribution < -0.4 is 10.2 Å². The van der Waals surface area contributed by atoms with Crippen molar-refractivity contribution in [3.05, 3.63) is 53.8 Å². The lowest BCUT2D eigenvalue weighted by atomic mass is 9.96. The van der Waals surface area contributed by atoms with Gasteiger partial charge in [-0.15, -0.1) is 0 Å². The van der Waals surface area contributed by atoms with Crippen molar-refractivity contribution in [3.63, 3.8) is 0 Å². The molecule has 3 aromatic rings. The zero-order valence-corrected chi connectivity index (χ0v) is 16.3. The molecule has 1 amide bonds. The van der Waals surface area contributed by atoms with Gasteiger partial charge in [0, 0.05) is 30.3 Å². The molecule has 0 atom stereocenters. The number of hydrogen-bond acceptors (Lipinski definition) is 5. The number of thiazole rings is 1. The smallest absolute Gasteiger partial charge is 0.227 e. The Labute approximate surface area is 166 Å². The van der Waals surface area contributed by atoms with Gasteiger partial charge in [-0.2, -0.15) is 0 Å². The van der Waals surface area contributed by atoms with Crippen LogP contribution in [0.3, 0.4) is 0 Å². The molecule has 7 heteroatoms. The van der Waals surface area contributed by atoms with Crippen molar-refractivity contribution < 1.29 is 14.0 Å². The number of carbonyl (C=O) groups is 2. The molecule has 1 aromatic heterocycles. The maximum Gasteiger partial charge on any atom is 0.227 e. The summed E-state index contributed by atoms with van der Waals surface area (Å²) in [6, 6.07) is 11.9. The normalized spacial score (nSPS) is 15.0. The summed E-state index contributed by atoms with van der Waals surface area (Å²) in [4.78, 5) is 30.4. The van der Waals surface area contributed by atoms with Gasteiger partial charge in [-0.05, 0) is 56.2 Å². The fraction of sp³-hybridized carbons (Fsp3) is 0.286. The van der Waals surface area contributed by atoms with Gasteiger partial charge < -0.3 is 10.2 Å². The zero-order valence-electron chi connectivity index (χ0n) is 15.4. The van der Waals surface area contributed by atoms with Gasteiger partial charge in [0.2, 0.25) is 5.91 Å². The van der Waals surface area contributed by atoms with Crippen molar-refractivity contribution >= 4 is 44.1 Å². The summed E-state index contributed by atoms with van der Waals surface area (Å²) in [5.41, 5.74) is 1.73. The van der Waals surface area contributed by atoms with Gasteiger partial charge in [0.25, 0.3) is 0 Å². The first kappa shape index (κ1) is 18.6. The molecule has 1 N–H and O–H groups in total. The maximum atomic E-state index is 13.9. The van der Waals surface area contributed by atoms with Crippen LogP contribution in [0.15, 0.2) is 42.5 Å². The first-order chi connectivity index (χ1) is 13.5. The Hall–Kier alpha value is -2.80. The van der Waals surface area contributed by atoms with Crippen molar-refractivity contribution in [2.24, 2.45) is 5.92 Å². The molecule has 144 valence electrons. The number of piperidine rings is 1. The van der Waals surface area contributed by atoms with Gasteiger partial charge in [0.1, 0.15) is 11.3 Å². The third-order valence-corrected chi connectivity index (χ3v) is 6.14. The van der Waals surface area contributed by atoms with E-state index in [4.69, 9.17) is 0 Å². The summed E-state index contributed by atoms with van der Waals surface area (Å²) in [6.07, 6.45) is 1.44. The number of carbonyl (C=O) groups excluding carboxylic acids is 2. The van der Waals surface area contributed by atoms with E-state index in [0.29, 0.717) is 29.9 Å². The van der Waals surface area contributed by atoms with Crippen LogP contribution in [0, 0.1) is 11.7 Å². The van der Waals surface area contributed by atoms with Gasteiger partial charge in [-0.25, -0.2) is 9.37 Å². The number of amides is 1. The number of nitrogens with one attached hydrogen (secondary N) is 1. The number of hydrogen-bond donors (Lipinski definition) is 1. The number of ketones is 1. The summed E-state index contributed by atoms with van der Waals surface area (Å²) in [5, 5.41) is 3.73. The Balaban J connectivity index is 1.37. The Kier molecular flexibility index (Phi) is 5.09. The highest BCUT2D eigenvalue weighted by molar-refractivity contribution is 7.22. The van der Waals surface area contributed by atoms with E-state index < -0.39 is 0 Å². The molecule has 2 heterocycles. The number of aromatic nitrogens is 1. The average molecular weight is 397 g/mol. The zero-order chi connectivity index (χ0) is 19.7. The average Bonchev–Trinajstić information content (AvgIpc) is 3.14. The van der Waals surface area contributed by atoms with Crippen LogP contribution in [0.2, 0.25) is 0 Å².